The fraction of sp³-hybridized carbons (Fsp3) is 0.500. The average molecular weight is 307 g/mol. The molecule has 8 heteroatoms. The molecule has 2 heterocycles. The van der Waals surface area contributed by atoms with Crippen LogP contribution in [0, 0.1) is 5.92 Å². The molecule has 0 saturated heterocycles. The third-order valence-corrected chi connectivity index (χ3v) is 3.55. The third kappa shape index (κ3) is 3.44. The van der Waals surface area contributed by atoms with Gasteiger partial charge in [-0.25, -0.2) is 14.4 Å². The summed E-state index contributed by atoms with van der Waals surface area (Å²) in [4.78, 5) is 22.2. The zero-order chi connectivity index (χ0) is 15.5. The second-order valence-corrected chi connectivity index (χ2v) is 5.47. The summed E-state index contributed by atoms with van der Waals surface area (Å²) in [6, 6.07) is 0. The van der Waals surface area contributed by atoms with Gasteiger partial charge in [-0.1, -0.05) is 0 Å². The molecule has 118 valence electrons. The smallest absolute Gasteiger partial charge is 0.291 e. The lowest BCUT2D eigenvalue weighted by molar-refractivity contribution is 0.0847. The normalized spacial score (nSPS) is 17.4. The molecule has 0 aromatic carbocycles. The first-order valence-electron chi connectivity index (χ1n) is 7.17. The summed E-state index contributed by atoms with van der Waals surface area (Å²) < 4.78 is 17.1. The number of carbonyl (C=O) groups excluding carboxylic acids is 1. The highest BCUT2D eigenvalue weighted by molar-refractivity contribution is 5.94. The number of hydrazine groups is 1. The van der Waals surface area contributed by atoms with Gasteiger partial charge in [-0.3, -0.25) is 15.2 Å². The van der Waals surface area contributed by atoms with Crippen LogP contribution in [0.4, 0.5) is 4.39 Å². The number of rotatable bonds is 5. The van der Waals surface area contributed by atoms with Gasteiger partial charge in [0.25, 0.3) is 5.91 Å². The van der Waals surface area contributed by atoms with Gasteiger partial charge in [0, 0.05) is 19.8 Å². The number of amidine groups is 1. The minimum atomic E-state index is -0.835. The van der Waals surface area contributed by atoms with E-state index in [1.807, 2.05) is 13.1 Å². The summed E-state index contributed by atoms with van der Waals surface area (Å²) in [5.41, 5.74) is 2.67. The molecule has 0 bridgehead atoms. The Hall–Kier alpha value is -2.38. The summed E-state index contributed by atoms with van der Waals surface area (Å²) in [5, 5.41) is 1.54. The zero-order valence-corrected chi connectivity index (χ0v) is 12.3. The van der Waals surface area contributed by atoms with E-state index in [2.05, 4.69) is 20.3 Å². The van der Waals surface area contributed by atoms with Gasteiger partial charge in [-0.05, 0) is 24.8 Å². The minimum Gasteiger partial charge on any atom is -0.445 e. The highest BCUT2D eigenvalue weighted by atomic mass is 19.1. The van der Waals surface area contributed by atoms with Crippen LogP contribution in [0.2, 0.25) is 0 Å². The van der Waals surface area contributed by atoms with E-state index in [1.54, 1.807) is 11.2 Å². The van der Waals surface area contributed by atoms with E-state index in [4.69, 9.17) is 4.42 Å². The zero-order valence-electron chi connectivity index (χ0n) is 12.3. The number of carbonyl (C=O) groups is 1. The lowest BCUT2D eigenvalue weighted by Gasteiger charge is -2.26. The van der Waals surface area contributed by atoms with Gasteiger partial charge in [0.1, 0.15) is 18.8 Å². The Labute approximate surface area is 127 Å². The van der Waals surface area contributed by atoms with Crippen LogP contribution in [-0.2, 0) is 6.67 Å². The molecule has 0 unspecified atom stereocenters. The maximum Gasteiger partial charge on any atom is 0.291 e. The third-order valence-electron chi connectivity index (χ3n) is 3.55. The Morgan fingerprint density at radius 1 is 1.59 bits per heavy atom. The van der Waals surface area contributed by atoms with Crippen LogP contribution in [-0.4, -0.2) is 46.9 Å². The Morgan fingerprint density at radius 2 is 2.41 bits per heavy atom. The van der Waals surface area contributed by atoms with Crippen molar-refractivity contribution in [1.29, 1.82) is 0 Å². The molecule has 0 atom stereocenters. The highest BCUT2D eigenvalue weighted by Crippen LogP contribution is 2.29. The number of aromatic nitrogens is 1. The maximum absolute atomic E-state index is 12.3. The molecule has 3 rings (SSSR count). The summed E-state index contributed by atoms with van der Waals surface area (Å²) in [6.07, 6.45) is 7.32. The number of amides is 1. The Morgan fingerprint density at radius 3 is 3.00 bits per heavy atom. The second kappa shape index (κ2) is 6.17. The average Bonchev–Trinajstić information content (AvgIpc) is 3.20. The molecule has 1 amide bonds. The molecule has 1 aromatic heterocycles. The molecule has 1 saturated carbocycles. The van der Waals surface area contributed by atoms with E-state index in [0.29, 0.717) is 6.67 Å². The van der Waals surface area contributed by atoms with Crippen molar-refractivity contribution < 1.29 is 13.6 Å². The highest BCUT2D eigenvalue weighted by Gasteiger charge is 2.24. The SMILES string of the molecule is CN(CC1CC1)C1=NCN(NC(=O)c2coc(CF)n2)C=C1. The van der Waals surface area contributed by atoms with Crippen LogP contribution in [0.15, 0.2) is 27.9 Å². The van der Waals surface area contributed by atoms with Crippen molar-refractivity contribution in [3.8, 4) is 0 Å². The first-order valence-corrected chi connectivity index (χ1v) is 7.17. The number of hydrogen-bond donors (Lipinski definition) is 1. The van der Waals surface area contributed by atoms with Gasteiger partial charge in [-0.15, -0.1) is 0 Å². The Balaban J connectivity index is 1.51. The molecule has 1 N–H and O–H groups in total. The summed E-state index contributed by atoms with van der Waals surface area (Å²) in [7, 11) is 2.02. The van der Waals surface area contributed by atoms with Crippen LogP contribution >= 0.6 is 0 Å². The van der Waals surface area contributed by atoms with Crippen LogP contribution < -0.4 is 5.43 Å². The van der Waals surface area contributed by atoms with Gasteiger partial charge in [0.15, 0.2) is 12.4 Å². The van der Waals surface area contributed by atoms with E-state index in [0.717, 1.165) is 24.6 Å². The standard InChI is InChI=1S/C14H18FN5O2/c1-19(7-10-2-3-10)12-4-5-20(9-16-12)18-14(21)11-8-22-13(6-15)17-11/h4-5,8,10H,2-3,6-7,9H2,1H3,(H,18,21). The summed E-state index contributed by atoms with van der Waals surface area (Å²) in [5.74, 6) is 1.12. The van der Waals surface area contributed by atoms with Crippen molar-refractivity contribution in [3.05, 3.63) is 30.1 Å². The fourth-order valence-electron chi connectivity index (χ4n) is 2.17. The predicted molar refractivity (Wildman–Crippen MR) is 77.4 cm³/mol. The lowest BCUT2D eigenvalue weighted by atomic mass is 10.3. The molecule has 0 radical (unpaired) electrons. The molecule has 2 aliphatic rings. The van der Waals surface area contributed by atoms with Crippen LogP contribution in [0.1, 0.15) is 29.2 Å². The van der Waals surface area contributed by atoms with Crippen molar-refractivity contribution in [2.24, 2.45) is 10.9 Å². The molecular formula is C14H18FN5O2. The summed E-state index contributed by atoms with van der Waals surface area (Å²) >= 11 is 0. The van der Waals surface area contributed by atoms with Gasteiger partial charge in [-0.2, -0.15) is 0 Å². The molecule has 1 fully saturated rings. The number of nitrogens with zero attached hydrogens (tertiary/aromatic N) is 4. The second-order valence-electron chi connectivity index (χ2n) is 5.47. The van der Waals surface area contributed by atoms with Crippen molar-refractivity contribution in [3.63, 3.8) is 0 Å². The quantitative estimate of drug-likeness (QED) is 0.888. The van der Waals surface area contributed by atoms with Crippen molar-refractivity contribution >= 4 is 11.7 Å². The lowest BCUT2D eigenvalue weighted by Crippen LogP contribution is -2.42. The Kier molecular flexibility index (Phi) is 4.08. The van der Waals surface area contributed by atoms with E-state index < -0.39 is 12.6 Å². The van der Waals surface area contributed by atoms with Crippen LogP contribution in [0.3, 0.4) is 0 Å². The molecular weight excluding hydrogens is 289 g/mol. The van der Waals surface area contributed by atoms with Gasteiger partial charge in [0.05, 0.1) is 0 Å². The van der Waals surface area contributed by atoms with Crippen molar-refractivity contribution in [1.82, 2.24) is 20.3 Å². The largest absolute Gasteiger partial charge is 0.445 e. The summed E-state index contributed by atoms with van der Waals surface area (Å²) in [6.45, 7) is 0.499. The number of halogens is 1. The minimum absolute atomic E-state index is 0.0432. The number of oxazole rings is 1. The topological polar surface area (TPSA) is 74.0 Å². The molecule has 1 aliphatic carbocycles. The molecule has 1 aromatic rings. The monoisotopic (exact) mass is 307 g/mol. The van der Waals surface area contributed by atoms with Gasteiger partial charge >= 0.3 is 0 Å². The number of likely N-dealkylation sites (N-methyl/N-ethyl adjacent to an activating group) is 1. The van der Waals surface area contributed by atoms with Crippen LogP contribution in [0.25, 0.3) is 0 Å². The van der Waals surface area contributed by atoms with Crippen molar-refractivity contribution in [2.75, 3.05) is 20.3 Å². The fourth-order valence-corrected chi connectivity index (χ4v) is 2.17. The number of hydrogen-bond acceptors (Lipinski definition) is 6. The number of aliphatic imine (C=N–C) groups is 1. The molecule has 0 spiro atoms. The first-order chi connectivity index (χ1) is 10.7. The van der Waals surface area contributed by atoms with E-state index in [1.165, 1.54) is 12.8 Å². The van der Waals surface area contributed by atoms with E-state index >= 15 is 0 Å². The van der Waals surface area contributed by atoms with E-state index in [-0.39, 0.29) is 11.6 Å². The number of nitrogens with one attached hydrogen (secondary N) is 1. The van der Waals surface area contributed by atoms with Crippen molar-refractivity contribution in [2.45, 2.75) is 19.5 Å². The predicted octanol–water partition coefficient (Wildman–Crippen LogP) is 1.32. The molecule has 1 aliphatic heterocycles. The Bertz CT molecular complexity index is 608. The van der Waals surface area contributed by atoms with Gasteiger partial charge < -0.3 is 9.32 Å². The number of alkyl halides is 1. The molecule has 7 nitrogen and oxygen atoms in total. The molecule has 22 heavy (non-hydrogen) atoms. The first kappa shape index (κ1) is 14.6. The van der Waals surface area contributed by atoms with Crippen LogP contribution in [0.5, 0.6) is 0 Å². The maximum atomic E-state index is 12.3. The van der Waals surface area contributed by atoms with E-state index in [9.17, 15) is 9.18 Å². The van der Waals surface area contributed by atoms with Gasteiger partial charge in [0.2, 0.25) is 5.89 Å².